The van der Waals surface area contributed by atoms with Gasteiger partial charge in [-0.3, -0.25) is 10.0 Å². The first-order valence-electron chi connectivity index (χ1n) is 5.12. The SMILES string of the molecule is Cl.Nc1nc(-c2ccc(C=CC(=O)NO)cc2)cs1. The van der Waals surface area contributed by atoms with Crippen LogP contribution in [0.5, 0.6) is 0 Å². The molecule has 0 radical (unpaired) electrons. The molecule has 1 aromatic heterocycles. The van der Waals surface area contributed by atoms with Crippen LogP contribution in [-0.2, 0) is 4.79 Å². The number of nitrogens with two attached hydrogens (primary N) is 1. The Bertz CT molecular complexity index is 581. The number of amides is 1. The number of nitrogens with zero attached hydrogens (tertiary/aromatic N) is 1. The van der Waals surface area contributed by atoms with Gasteiger partial charge in [-0.1, -0.05) is 24.3 Å². The maximum Gasteiger partial charge on any atom is 0.267 e. The smallest absolute Gasteiger partial charge is 0.267 e. The van der Waals surface area contributed by atoms with Crippen molar-refractivity contribution < 1.29 is 10.0 Å². The molecule has 0 unspecified atom stereocenters. The van der Waals surface area contributed by atoms with Crippen LogP contribution in [0.3, 0.4) is 0 Å². The van der Waals surface area contributed by atoms with Crippen LogP contribution in [0.15, 0.2) is 35.7 Å². The van der Waals surface area contributed by atoms with Crippen molar-refractivity contribution in [1.29, 1.82) is 0 Å². The van der Waals surface area contributed by atoms with E-state index in [4.69, 9.17) is 10.9 Å². The maximum absolute atomic E-state index is 10.8. The van der Waals surface area contributed by atoms with Crippen LogP contribution in [0.1, 0.15) is 5.56 Å². The van der Waals surface area contributed by atoms with Crippen molar-refractivity contribution >= 4 is 40.9 Å². The fraction of sp³-hybridized carbons (Fsp3) is 0. The first-order valence-corrected chi connectivity index (χ1v) is 6.00. The number of benzene rings is 1. The molecular weight excluding hydrogens is 286 g/mol. The number of rotatable bonds is 3. The molecule has 7 heteroatoms. The third-order valence-electron chi connectivity index (χ3n) is 2.27. The Morgan fingerprint density at radius 2 is 2.05 bits per heavy atom. The molecule has 1 heterocycles. The maximum atomic E-state index is 10.8. The van der Waals surface area contributed by atoms with E-state index in [0.29, 0.717) is 5.13 Å². The summed E-state index contributed by atoms with van der Waals surface area (Å²) in [5, 5.41) is 10.8. The van der Waals surface area contributed by atoms with Crippen molar-refractivity contribution in [2.24, 2.45) is 0 Å². The van der Waals surface area contributed by atoms with Gasteiger partial charge in [0.1, 0.15) is 0 Å². The minimum atomic E-state index is -0.564. The highest BCUT2D eigenvalue weighted by atomic mass is 35.5. The van der Waals surface area contributed by atoms with Crippen molar-refractivity contribution in [3.63, 3.8) is 0 Å². The molecule has 1 amide bonds. The van der Waals surface area contributed by atoms with Gasteiger partial charge >= 0.3 is 0 Å². The van der Waals surface area contributed by atoms with E-state index in [2.05, 4.69) is 4.98 Å². The van der Waals surface area contributed by atoms with Gasteiger partial charge in [-0.2, -0.15) is 0 Å². The van der Waals surface area contributed by atoms with Crippen LogP contribution < -0.4 is 11.2 Å². The van der Waals surface area contributed by atoms with E-state index >= 15 is 0 Å². The molecule has 0 saturated heterocycles. The molecule has 0 bridgehead atoms. The number of carbonyl (C=O) groups excluding carboxylic acids is 1. The average molecular weight is 298 g/mol. The Morgan fingerprint density at radius 1 is 1.37 bits per heavy atom. The van der Waals surface area contributed by atoms with Crippen LogP contribution in [-0.4, -0.2) is 16.1 Å². The molecule has 0 aliphatic heterocycles. The Balaban J connectivity index is 0.00000180. The zero-order valence-corrected chi connectivity index (χ0v) is 11.4. The van der Waals surface area contributed by atoms with E-state index in [1.54, 1.807) is 6.08 Å². The van der Waals surface area contributed by atoms with Crippen molar-refractivity contribution in [1.82, 2.24) is 10.5 Å². The predicted molar refractivity (Wildman–Crippen MR) is 78.2 cm³/mol. The Kier molecular flexibility index (Phi) is 5.50. The minimum Gasteiger partial charge on any atom is -0.375 e. The summed E-state index contributed by atoms with van der Waals surface area (Å²) in [4.78, 5) is 15.0. The van der Waals surface area contributed by atoms with Gasteiger partial charge in [0.2, 0.25) is 0 Å². The van der Waals surface area contributed by atoms with Crippen LogP contribution in [0.25, 0.3) is 17.3 Å². The first-order chi connectivity index (χ1) is 8.69. The summed E-state index contributed by atoms with van der Waals surface area (Å²) in [7, 11) is 0. The number of hydrogen-bond acceptors (Lipinski definition) is 5. The molecule has 4 N–H and O–H groups in total. The standard InChI is InChI=1S/C12H11N3O2S.ClH/c13-12-14-10(7-18-12)9-4-1-8(2-5-9)3-6-11(16)15-17;/h1-7,17H,(H2,13,14)(H,15,16);1H. The normalized spacial score (nSPS) is 10.2. The lowest BCUT2D eigenvalue weighted by Gasteiger charge is -1.97. The summed E-state index contributed by atoms with van der Waals surface area (Å²) in [5.41, 5.74) is 9.75. The number of hydrogen-bond donors (Lipinski definition) is 3. The second-order valence-electron chi connectivity index (χ2n) is 3.50. The van der Waals surface area contributed by atoms with E-state index in [9.17, 15) is 4.79 Å². The van der Waals surface area contributed by atoms with Gasteiger partial charge in [0.05, 0.1) is 5.69 Å². The number of thiazole rings is 1. The molecule has 2 aromatic rings. The third kappa shape index (κ3) is 4.06. The Hall–Kier alpha value is -1.89. The quantitative estimate of drug-likeness (QED) is 0.461. The summed E-state index contributed by atoms with van der Waals surface area (Å²) in [5.74, 6) is -0.564. The second-order valence-corrected chi connectivity index (χ2v) is 4.39. The fourth-order valence-electron chi connectivity index (χ4n) is 1.39. The molecule has 0 aliphatic rings. The second kappa shape index (κ2) is 6.89. The molecule has 1 aromatic carbocycles. The fourth-order valence-corrected chi connectivity index (χ4v) is 1.97. The van der Waals surface area contributed by atoms with Crippen molar-refractivity contribution in [3.8, 4) is 11.3 Å². The van der Waals surface area contributed by atoms with Gasteiger partial charge in [-0.15, -0.1) is 23.7 Å². The summed E-state index contributed by atoms with van der Waals surface area (Å²) in [6.45, 7) is 0. The molecular formula is C12H12ClN3O2S. The van der Waals surface area contributed by atoms with Gasteiger partial charge in [-0.05, 0) is 11.6 Å². The largest absolute Gasteiger partial charge is 0.375 e. The van der Waals surface area contributed by atoms with Crippen LogP contribution in [0, 0.1) is 0 Å². The lowest BCUT2D eigenvalue weighted by atomic mass is 10.1. The highest BCUT2D eigenvalue weighted by Crippen LogP contribution is 2.23. The van der Waals surface area contributed by atoms with E-state index in [1.807, 2.05) is 29.6 Å². The number of nitrogens with one attached hydrogen (secondary N) is 1. The van der Waals surface area contributed by atoms with E-state index in [0.717, 1.165) is 16.8 Å². The minimum absolute atomic E-state index is 0. The van der Waals surface area contributed by atoms with Crippen LogP contribution in [0.2, 0.25) is 0 Å². The number of halogens is 1. The van der Waals surface area contributed by atoms with Crippen molar-refractivity contribution in [3.05, 3.63) is 41.3 Å². The number of carbonyl (C=O) groups is 1. The van der Waals surface area contributed by atoms with Crippen LogP contribution in [0.4, 0.5) is 5.13 Å². The lowest BCUT2D eigenvalue weighted by Crippen LogP contribution is -2.14. The highest BCUT2D eigenvalue weighted by Gasteiger charge is 2.01. The third-order valence-corrected chi connectivity index (χ3v) is 2.94. The molecule has 0 spiro atoms. The average Bonchev–Trinajstić information content (AvgIpc) is 2.83. The Morgan fingerprint density at radius 3 is 2.58 bits per heavy atom. The topological polar surface area (TPSA) is 88.2 Å². The van der Waals surface area contributed by atoms with Gasteiger partial charge in [0.25, 0.3) is 5.91 Å². The predicted octanol–water partition coefficient (Wildman–Crippen LogP) is 2.33. The van der Waals surface area contributed by atoms with Gasteiger partial charge in [0, 0.05) is 17.0 Å². The van der Waals surface area contributed by atoms with E-state index < -0.39 is 5.91 Å². The molecule has 0 atom stereocenters. The van der Waals surface area contributed by atoms with Gasteiger partial charge in [0.15, 0.2) is 5.13 Å². The van der Waals surface area contributed by atoms with Crippen molar-refractivity contribution in [2.75, 3.05) is 5.73 Å². The number of anilines is 1. The molecule has 100 valence electrons. The summed E-state index contributed by atoms with van der Waals surface area (Å²) < 4.78 is 0. The molecule has 0 aliphatic carbocycles. The number of aromatic nitrogens is 1. The first kappa shape index (κ1) is 15.2. The number of nitrogen functional groups attached to an aromatic ring is 1. The zero-order valence-electron chi connectivity index (χ0n) is 9.74. The highest BCUT2D eigenvalue weighted by molar-refractivity contribution is 7.13. The van der Waals surface area contributed by atoms with Crippen molar-refractivity contribution in [2.45, 2.75) is 0 Å². The molecule has 0 saturated carbocycles. The number of hydroxylamine groups is 1. The van der Waals surface area contributed by atoms with E-state index in [1.165, 1.54) is 22.9 Å². The molecule has 5 nitrogen and oxygen atoms in total. The van der Waals surface area contributed by atoms with Gasteiger partial charge < -0.3 is 5.73 Å². The van der Waals surface area contributed by atoms with Crippen LogP contribution >= 0.6 is 23.7 Å². The summed E-state index contributed by atoms with van der Waals surface area (Å²) >= 11 is 1.39. The summed E-state index contributed by atoms with van der Waals surface area (Å²) in [6.07, 6.45) is 2.85. The van der Waals surface area contributed by atoms with Gasteiger partial charge in [-0.25, -0.2) is 10.5 Å². The zero-order chi connectivity index (χ0) is 13.0. The lowest BCUT2D eigenvalue weighted by molar-refractivity contribution is -0.124. The Labute approximate surface area is 120 Å². The molecule has 19 heavy (non-hydrogen) atoms. The molecule has 0 fully saturated rings. The summed E-state index contributed by atoms with van der Waals surface area (Å²) in [6, 6.07) is 7.49. The van der Waals surface area contributed by atoms with E-state index in [-0.39, 0.29) is 12.4 Å². The monoisotopic (exact) mass is 297 g/mol. The molecule has 2 rings (SSSR count).